The van der Waals surface area contributed by atoms with E-state index >= 15 is 0 Å². The number of ketones is 1. The zero-order valence-corrected chi connectivity index (χ0v) is 16.2. The Bertz CT molecular complexity index is 758. The number of hydrogen-bond acceptors (Lipinski definition) is 5. The van der Waals surface area contributed by atoms with Crippen LogP contribution in [0.3, 0.4) is 0 Å². The SMILES string of the molecule is C=CC(C)(C)C(=O)Nc1ccccc1C(=O)CCNC(=O)CC[C@@H](N)C(=O)O. The third kappa shape index (κ3) is 6.96. The molecule has 1 aromatic rings. The highest BCUT2D eigenvalue weighted by Gasteiger charge is 2.25. The molecule has 1 rings (SSSR count). The summed E-state index contributed by atoms with van der Waals surface area (Å²) in [6.07, 6.45) is 1.54. The van der Waals surface area contributed by atoms with E-state index in [9.17, 15) is 19.2 Å². The zero-order chi connectivity index (χ0) is 21.3. The summed E-state index contributed by atoms with van der Waals surface area (Å²) in [5.74, 6) is -2.07. The molecule has 0 heterocycles. The average Bonchev–Trinajstić information content (AvgIpc) is 2.66. The topological polar surface area (TPSA) is 139 Å². The Labute approximate surface area is 164 Å². The molecule has 0 fully saturated rings. The van der Waals surface area contributed by atoms with Gasteiger partial charge in [-0.1, -0.05) is 18.2 Å². The molecule has 8 heteroatoms. The molecule has 0 aliphatic rings. The maximum Gasteiger partial charge on any atom is 0.320 e. The normalized spacial score (nSPS) is 12.0. The Morgan fingerprint density at radius 3 is 2.46 bits per heavy atom. The maximum absolute atomic E-state index is 12.5. The number of aliphatic carboxylic acids is 1. The fraction of sp³-hybridized carbons (Fsp3) is 0.400. The molecule has 0 unspecified atom stereocenters. The van der Waals surface area contributed by atoms with Gasteiger partial charge in [0.25, 0.3) is 0 Å². The van der Waals surface area contributed by atoms with Crippen molar-refractivity contribution in [1.29, 1.82) is 0 Å². The van der Waals surface area contributed by atoms with Crippen LogP contribution in [-0.2, 0) is 14.4 Å². The van der Waals surface area contributed by atoms with Gasteiger partial charge in [0.2, 0.25) is 11.8 Å². The Morgan fingerprint density at radius 2 is 1.86 bits per heavy atom. The van der Waals surface area contributed by atoms with E-state index in [-0.39, 0.29) is 43.4 Å². The van der Waals surface area contributed by atoms with Crippen LogP contribution >= 0.6 is 0 Å². The minimum absolute atomic E-state index is 0.0169. The Hall–Kier alpha value is -3.00. The number of rotatable bonds is 11. The van der Waals surface area contributed by atoms with Crippen molar-refractivity contribution in [2.45, 2.75) is 39.2 Å². The molecule has 0 spiro atoms. The van der Waals surface area contributed by atoms with Crippen LogP contribution in [0.5, 0.6) is 0 Å². The first-order valence-electron chi connectivity index (χ1n) is 8.91. The Morgan fingerprint density at radius 1 is 1.21 bits per heavy atom. The van der Waals surface area contributed by atoms with Crippen molar-refractivity contribution in [3.05, 3.63) is 42.5 Å². The monoisotopic (exact) mass is 389 g/mol. The van der Waals surface area contributed by atoms with Crippen molar-refractivity contribution in [1.82, 2.24) is 5.32 Å². The van der Waals surface area contributed by atoms with E-state index in [1.54, 1.807) is 38.1 Å². The summed E-state index contributed by atoms with van der Waals surface area (Å²) in [6.45, 7) is 7.16. The van der Waals surface area contributed by atoms with Crippen LogP contribution in [0.4, 0.5) is 5.69 Å². The van der Waals surface area contributed by atoms with Gasteiger partial charge in [0, 0.05) is 24.9 Å². The number of carboxylic acids is 1. The Balaban J connectivity index is 2.61. The number of amides is 2. The number of para-hydroxylation sites is 1. The number of nitrogens with two attached hydrogens (primary N) is 1. The lowest BCUT2D eigenvalue weighted by atomic mass is 9.92. The van der Waals surface area contributed by atoms with Crippen LogP contribution < -0.4 is 16.4 Å². The molecule has 152 valence electrons. The number of hydrogen-bond donors (Lipinski definition) is 4. The molecule has 1 atom stereocenters. The molecule has 5 N–H and O–H groups in total. The minimum Gasteiger partial charge on any atom is -0.480 e. The van der Waals surface area contributed by atoms with Gasteiger partial charge in [-0.25, -0.2) is 0 Å². The molecular formula is C20H27N3O5. The highest BCUT2D eigenvalue weighted by molar-refractivity contribution is 6.06. The first-order chi connectivity index (χ1) is 13.1. The van der Waals surface area contributed by atoms with E-state index in [1.807, 2.05) is 0 Å². The van der Waals surface area contributed by atoms with Crippen molar-refractivity contribution in [3.8, 4) is 0 Å². The second-order valence-electron chi connectivity index (χ2n) is 6.93. The highest BCUT2D eigenvalue weighted by Crippen LogP contribution is 2.22. The van der Waals surface area contributed by atoms with Crippen LogP contribution in [0.15, 0.2) is 36.9 Å². The van der Waals surface area contributed by atoms with Gasteiger partial charge in [-0.05, 0) is 32.4 Å². The van der Waals surface area contributed by atoms with Gasteiger partial charge < -0.3 is 21.5 Å². The van der Waals surface area contributed by atoms with Gasteiger partial charge in [-0.3, -0.25) is 19.2 Å². The molecule has 28 heavy (non-hydrogen) atoms. The predicted molar refractivity (Wildman–Crippen MR) is 106 cm³/mol. The molecule has 0 radical (unpaired) electrons. The first kappa shape index (κ1) is 23.0. The number of benzene rings is 1. The third-order valence-corrected chi connectivity index (χ3v) is 4.25. The lowest BCUT2D eigenvalue weighted by Gasteiger charge is -2.20. The number of anilines is 1. The van der Waals surface area contributed by atoms with Gasteiger partial charge in [0.1, 0.15) is 6.04 Å². The van der Waals surface area contributed by atoms with Crippen molar-refractivity contribution in [2.75, 3.05) is 11.9 Å². The highest BCUT2D eigenvalue weighted by atomic mass is 16.4. The number of Topliss-reactive ketones (excluding diaryl/α,β-unsaturated/α-hetero) is 1. The smallest absolute Gasteiger partial charge is 0.320 e. The van der Waals surface area contributed by atoms with E-state index in [2.05, 4.69) is 17.2 Å². The molecule has 0 aliphatic carbocycles. The molecule has 0 saturated heterocycles. The summed E-state index contributed by atoms with van der Waals surface area (Å²) in [7, 11) is 0. The first-order valence-corrected chi connectivity index (χ1v) is 8.91. The van der Waals surface area contributed by atoms with Crippen LogP contribution in [0.2, 0.25) is 0 Å². The third-order valence-electron chi connectivity index (χ3n) is 4.25. The molecule has 2 amide bonds. The van der Waals surface area contributed by atoms with E-state index in [0.717, 1.165) is 0 Å². The second kappa shape index (κ2) is 10.4. The van der Waals surface area contributed by atoms with Crippen LogP contribution in [0, 0.1) is 5.41 Å². The predicted octanol–water partition coefficient (Wildman–Crippen LogP) is 1.72. The number of nitrogens with one attached hydrogen (secondary N) is 2. The standard InChI is InChI=1S/C20H27N3O5/c1-4-20(2,3)19(28)23-15-8-6-5-7-13(15)16(24)11-12-22-17(25)10-9-14(21)18(26)27/h4-8,14H,1,9-12,21H2,2-3H3,(H,22,25)(H,23,28)(H,26,27)/t14-/m1/s1. The van der Waals surface area contributed by atoms with Crippen molar-refractivity contribution < 1.29 is 24.3 Å². The van der Waals surface area contributed by atoms with Gasteiger partial charge >= 0.3 is 5.97 Å². The fourth-order valence-electron chi connectivity index (χ4n) is 2.16. The fourth-order valence-corrected chi connectivity index (χ4v) is 2.16. The minimum atomic E-state index is -1.17. The van der Waals surface area contributed by atoms with E-state index < -0.39 is 17.4 Å². The summed E-state index contributed by atoms with van der Waals surface area (Å²) in [6, 6.07) is 5.54. The molecule has 0 aliphatic heterocycles. The van der Waals surface area contributed by atoms with Crippen LogP contribution in [-0.4, -0.2) is 41.3 Å². The zero-order valence-electron chi connectivity index (χ0n) is 16.2. The molecule has 0 aromatic heterocycles. The van der Waals surface area contributed by atoms with Gasteiger partial charge in [-0.15, -0.1) is 6.58 Å². The van der Waals surface area contributed by atoms with E-state index in [4.69, 9.17) is 10.8 Å². The maximum atomic E-state index is 12.5. The van der Waals surface area contributed by atoms with Crippen LogP contribution in [0.25, 0.3) is 0 Å². The summed E-state index contributed by atoms with van der Waals surface area (Å²) < 4.78 is 0. The lowest BCUT2D eigenvalue weighted by molar-refractivity contribution is -0.138. The van der Waals surface area contributed by atoms with Crippen molar-refractivity contribution in [2.24, 2.45) is 11.1 Å². The van der Waals surface area contributed by atoms with Gasteiger partial charge in [-0.2, -0.15) is 0 Å². The van der Waals surface area contributed by atoms with Crippen LogP contribution in [0.1, 0.15) is 43.5 Å². The van der Waals surface area contributed by atoms with Crippen molar-refractivity contribution in [3.63, 3.8) is 0 Å². The van der Waals surface area contributed by atoms with E-state index in [1.165, 1.54) is 6.08 Å². The summed E-state index contributed by atoms with van der Waals surface area (Å²) in [4.78, 5) is 47.1. The lowest BCUT2D eigenvalue weighted by Crippen LogP contribution is -2.33. The number of carboxylic acid groups (broad SMARTS) is 1. The molecular weight excluding hydrogens is 362 g/mol. The van der Waals surface area contributed by atoms with E-state index in [0.29, 0.717) is 11.3 Å². The number of carbonyl (C=O) groups is 4. The second-order valence-corrected chi connectivity index (χ2v) is 6.93. The van der Waals surface area contributed by atoms with Gasteiger partial charge in [0.05, 0.1) is 11.1 Å². The quantitative estimate of drug-likeness (QED) is 0.336. The molecule has 1 aromatic carbocycles. The van der Waals surface area contributed by atoms with Gasteiger partial charge in [0.15, 0.2) is 5.78 Å². The number of carbonyl (C=O) groups excluding carboxylic acids is 3. The summed E-state index contributed by atoms with van der Waals surface area (Å²) >= 11 is 0. The Kier molecular flexibility index (Phi) is 8.53. The average molecular weight is 389 g/mol. The largest absolute Gasteiger partial charge is 0.480 e. The molecule has 0 bridgehead atoms. The molecule has 0 saturated carbocycles. The summed E-state index contributed by atoms with van der Waals surface area (Å²) in [5.41, 5.74) is 5.29. The van der Waals surface area contributed by atoms with Crippen molar-refractivity contribution >= 4 is 29.3 Å². The summed E-state index contributed by atoms with van der Waals surface area (Å²) in [5, 5.41) is 14.0. The molecule has 8 nitrogen and oxygen atoms in total.